The van der Waals surface area contributed by atoms with Crippen molar-refractivity contribution in [3.05, 3.63) is 64.2 Å². The highest BCUT2D eigenvalue weighted by atomic mass is 35.5. The van der Waals surface area contributed by atoms with E-state index in [1.54, 1.807) is 29.6 Å². The second-order valence-corrected chi connectivity index (χ2v) is 8.07. The fourth-order valence-electron chi connectivity index (χ4n) is 2.28. The van der Waals surface area contributed by atoms with Gasteiger partial charge in [-0.05, 0) is 36.2 Å². The molecule has 1 amide bonds. The van der Waals surface area contributed by atoms with Gasteiger partial charge in [0.05, 0.1) is 6.54 Å². The van der Waals surface area contributed by atoms with Crippen LogP contribution in [0.4, 0.5) is 5.69 Å². The lowest BCUT2D eigenvalue weighted by atomic mass is 10.1. The number of aliphatic imine (C=N–C) groups is 1. The molecule has 0 radical (unpaired) electrons. The number of nitrogens with one attached hydrogen (secondary N) is 1. The van der Waals surface area contributed by atoms with Gasteiger partial charge in [-0.1, -0.05) is 59.4 Å². The van der Waals surface area contributed by atoms with Crippen molar-refractivity contribution in [2.75, 3.05) is 17.6 Å². The van der Waals surface area contributed by atoms with Gasteiger partial charge in [0.25, 0.3) is 5.91 Å². The molecule has 0 unspecified atom stereocenters. The fourth-order valence-corrected chi connectivity index (χ4v) is 4.47. The van der Waals surface area contributed by atoms with Gasteiger partial charge < -0.3 is 5.32 Å². The van der Waals surface area contributed by atoms with Gasteiger partial charge in [-0.3, -0.25) is 9.79 Å². The van der Waals surface area contributed by atoms with Crippen molar-refractivity contribution in [1.29, 1.82) is 0 Å². The smallest absolute Gasteiger partial charge is 0.255 e. The molecule has 1 heterocycles. The number of anilines is 1. The summed E-state index contributed by atoms with van der Waals surface area (Å²) in [6.07, 6.45) is 0. The highest BCUT2D eigenvalue weighted by molar-refractivity contribution is 8.38. The van der Waals surface area contributed by atoms with Crippen LogP contribution in [-0.2, 0) is 5.75 Å². The summed E-state index contributed by atoms with van der Waals surface area (Å²) in [5, 5.41) is 3.57. The topological polar surface area (TPSA) is 41.5 Å². The molecule has 1 aliphatic heterocycles. The zero-order valence-electron chi connectivity index (χ0n) is 13.2. The molecule has 0 aliphatic carbocycles. The van der Waals surface area contributed by atoms with E-state index in [4.69, 9.17) is 11.6 Å². The Bertz CT molecular complexity index is 792. The van der Waals surface area contributed by atoms with Gasteiger partial charge in [-0.2, -0.15) is 0 Å². The van der Waals surface area contributed by atoms with E-state index in [0.717, 1.165) is 33.6 Å². The van der Waals surface area contributed by atoms with E-state index < -0.39 is 0 Å². The van der Waals surface area contributed by atoms with E-state index >= 15 is 0 Å². The molecule has 0 saturated heterocycles. The Hall–Kier alpha value is -1.43. The number of rotatable bonds is 4. The van der Waals surface area contributed by atoms with Crippen LogP contribution < -0.4 is 5.32 Å². The first-order valence-electron chi connectivity index (χ1n) is 7.59. The number of carbonyl (C=O) groups is 1. The van der Waals surface area contributed by atoms with E-state index in [2.05, 4.69) is 10.3 Å². The molecule has 0 spiro atoms. The first kappa shape index (κ1) is 17.4. The third-order valence-corrected chi connectivity index (χ3v) is 6.31. The van der Waals surface area contributed by atoms with Crippen molar-refractivity contribution in [3.8, 4) is 0 Å². The Morgan fingerprint density at radius 1 is 1.33 bits per heavy atom. The normalized spacial score (nSPS) is 13.7. The van der Waals surface area contributed by atoms with Crippen molar-refractivity contribution in [2.24, 2.45) is 4.99 Å². The molecular formula is C18H17ClN2OS2. The molecule has 3 nitrogen and oxygen atoms in total. The van der Waals surface area contributed by atoms with Crippen molar-refractivity contribution < 1.29 is 4.79 Å². The van der Waals surface area contributed by atoms with Crippen molar-refractivity contribution >= 4 is 51.1 Å². The Balaban J connectivity index is 1.73. The molecule has 2 aromatic carbocycles. The van der Waals surface area contributed by atoms with Crippen molar-refractivity contribution in [2.45, 2.75) is 12.7 Å². The molecule has 0 fully saturated rings. The Morgan fingerprint density at radius 3 is 2.92 bits per heavy atom. The number of hydrogen-bond donors (Lipinski definition) is 1. The quantitative estimate of drug-likeness (QED) is 0.793. The minimum atomic E-state index is -0.118. The lowest BCUT2D eigenvalue weighted by Gasteiger charge is -2.11. The van der Waals surface area contributed by atoms with Gasteiger partial charge in [0.2, 0.25) is 0 Å². The van der Waals surface area contributed by atoms with Crippen molar-refractivity contribution in [1.82, 2.24) is 0 Å². The second kappa shape index (κ2) is 8.10. The van der Waals surface area contributed by atoms with Gasteiger partial charge in [0.15, 0.2) is 0 Å². The van der Waals surface area contributed by atoms with Gasteiger partial charge in [0.1, 0.15) is 4.38 Å². The number of benzene rings is 2. The van der Waals surface area contributed by atoms with Crippen LogP contribution in [0.5, 0.6) is 0 Å². The van der Waals surface area contributed by atoms with E-state index in [-0.39, 0.29) is 5.91 Å². The van der Waals surface area contributed by atoms with Gasteiger partial charge >= 0.3 is 0 Å². The maximum Gasteiger partial charge on any atom is 0.255 e. The predicted molar refractivity (Wildman–Crippen MR) is 107 cm³/mol. The number of hydrogen-bond acceptors (Lipinski definition) is 4. The van der Waals surface area contributed by atoms with Gasteiger partial charge in [-0.15, -0.1) is 0 Å². The summed E-state index contributed by atoms with van der Waals surface area (Å²) in [4.78, 5) is 17.1. The molecule has 0 atom stereocenters. The molecule has 3 rings (SSSR count). The number of carbonyl (C=O) groups excluding carboxylic acids is 1. The highest BCUT2D eigenvalue weighted by Gasteiger charge is 2.14. The van der Waals surface area contributed by atoms with Crippen LogP contribution in [0.15, 0.2) is 47.5 Å². The molecular weight excluding hydrogens is 360 g/mol. The van der Waals surface area contributed by atoms with Crippen LogP contribution in [0.1, 0.15) is 21.5 Å². The van der Waals surface area contributed by atoms with Crippen LogP contribution >= 0.6 is 35.1 Å². The van der Waals surface area contributed by atoms with Crippen LogP contribution in [0, 0.1) is 6.92 Å². The average molecular weight is 377 g/mol. The standard InChI is InChI=1S/C18H17ClN2OS2/c1-12-6-7-14(10-16(12)19)21-17(22)15-5-3-2-4-13(15)11-24-18-20-8-9-23-18/h2-7,10H,8-9,11H2,1H3,(H,21,22). The minimum absolute atomic E-state index is 0.118. The minimum Gasteiger partial charge on any atom is -0.322 e. The average Bonchev–Trinajstić information content (AvgIpc) is 3.10. The number of aryl methyl sites for hydroxylation is 1. The first-order chi connectivity index (χ1) is 11.6. The number of nitrogens with zero attached hydrogens (tertiary/aromatic N) is 1. The summed E-state index contributed by atoms with van der Waals surface area (Å²) in [7, 11) is 0. The number of halogens is 1. The number of thioether (sulfide) groups is 2. The van der Waals surface area contributed by atoms with E-state index in [1.807, 2.05) is 43.3 Å². The summed E-state index contributed by atoms with van der Waals surface area (Å²) < 4.78 is 1.11. The molecule has 2 aromatic rings. The fraction of sp³-hybridized carbons (Fsp3) is 0.222. The van der Waals surface area contributed by atoms with E-state index in [0.29, 0.717) is 16.3 Å². The Morgan fingerprint density at radius 2 is 2.17 bits per heavy atom. The third-order valence-electron chi connectivity index (χ3n) is 3.60. The van der Waals surface area contributed by atoms with Crippen LogP contribution in [0.3, 0.4) is 0 Å². The lowest BCUT2D eigenvalue weighted by molar-refractivity contribution is 0.102. The molecule has 0 bridgehead atoms. The summed E-state index contributed by atoms with van der Waals surface area (Å²) in [6, 6.07) is 13.2. The zero-order chi connectivity index (χ0) is 16.9. The van der Waals surface area contributed by atoms with E-state index in [9.17, 15) is 4.79 Å². The molecule has 1 N–H and O–H groups in total. The SMILES string of the molecule is Cc1ccc(NC(=O)c2ccccc2CSC2=NCCS2)cc1Cl. The highest BCUT2D eigenvalue weighted by Crippen LogP contribution is 2.27. The molecule has 6 heteroatoms. The molecule has 124 valence electrons. The molecule has 24 heavy (non-hydrogen) atoms. The zero-order valence-corrected chi connectivity index (χ0v) is 15.6. The van der Waals surface area contributed by atoms with E-state index in [1.165, 1.54) is 0 Å². The summed E-state index contributed by atoms with van der Waals surface area (Å²) >= 11 is 9.60. The summed E-state index contributed by atoms with van der Waals surface area (Å²) in [5.74, 6) is 1.68. The predicted octanol–water partition coefficient (Wildman–Crippen LogP) is 5.24. The molecule has 0 saturated carbocycles. The second-order valence-electron chi connectivity index (χ2n) is 5.36. The Labute approximate surface area is 155 Å². The largest absolute Gasteiger partial charge is 0.322 e. The number of amides is 1. The van der Waals surface area contributed by atoms with Gasteiger partial charge in [0, 0.05) is 27.8 Å². The van der Waals surface area contributed by atoms with Crippen LogP contribution in [0.25, 0.3) is 0 Å². The van der Waals surface area contributed by atoms with Gasteiger partial charge in [-0.25, -0.2) is 0 Å². The Kier molecular flexibility index (Phi) is 5.87. The van der Waals surface area contributed by atoms with Crippen molar-refractivity contribution in [3.63, 3.8) is 0 Å². The third kappa shape index (κ3) is 4.35. The van der Waals surface area contributed by atoms with Crippen LogP contribution in [-0.4, -0.2) is 22.6 Å². The first-order valence-corrected chi connectivity index (χ1v) is 9.94. The molecule has 1 aliphatic rings. The lowest BCUT2D eigenvalue weighted by Crippen LogP contribution is -2.14. The maximum atomic E-state index is 12.6. The summed E-state index contributed by atoms with van der Waals surface area (Å²) in [6.45, 7) is 2.83. The maximum absolute atomic E-state index is 12.6. The van der Waals surface area contributed by atoms with Crippen LogP contribution in [0.2, 0.25) is 5.02 Å². The monoisotopic (exact) mass is 376 g/mol. The summed E-state index contributed by atoms with van der Waals surface area (Å²) in [5.41, 5.74) is 3.38. The molecule has 0 aromatic heterocycles.